The standard InChI is InChI=1S/C19H16ClN5O2/c1-12-9-17(26)24-19(22-12)25-21-11-13-5-4-6-14(10-13)23-18(27)15-7-2-3-8-16(15)20/h2-11H,1H3,(H,23,27)(H2,22,24,25,26)/b21-11-. The number of hydrogen-bond donors (Lipinski definition) is 3. The molecule has 0 aliphatic rings. The molecule has 3 rings (SSSR count). The van der Waals surface area contributed by atoms with Gasteiger partial charge in [-0.3, -0.25) is 14.6 Å². The van der Waals surface area contributed by atoms with E-state index in [0.717, 1.165) is 5.56 Å². The number of aromatic nitrogens is 2. The molecule has 0 radical (unpaired) electrons. The Kier molecular flexibility index (Phi) is 5.63. The number of carbonyl (C=O) groups is 1. The first-order valence-electron chi connectivity index (χ1n) is 8.04. The van der Waals surface area contributed by atoms with Crippen LogP contribution in [0.5, 0.6) is 0 Å². The molecule has 0 atom stereocenters. The summed E-state index contributed by atoms with van der Waals surface area (Å²) in [4.78, 5) is 30.4. The normalized spacial score (nSPS) is 10.7. The van der Waals surface area contributed by atoms with Crippen LogP contribution in [0.1, 0.15) is 21.6 Å². The molecule has 0 fully saturated rings. The molecule has 0 saturated heterocycles. The van der Waals surface area contributed by atoms with Crippen molar-refractivity contribution in [2.45, 2.75) is 6.92 Å². The second-order valence-corrected chi connectivity index (χ2v) is 6.07. The maximum absolute atomic E-state index is 12.3. The van der Waals surface area contributed by atoms with Crippen LogP contribution in [0.4, 0.5) is 11.6 Å². The van der Waals surface area contributed by atoms with Crippen LogP contribution in [-0.2, 0) is 0 Å². The zero-order chi connectivity index (χ0) is 19.2. The van der Waals surface area contributed by atoms with E-state index in [4.69, 9.17) is 11.6 Å². The third kappa shape index (κ3) is 5.02. The van der Waals surface area contributed by atoms with Gasteiger partial charge in [0.2, 0.25) is 5.95 Å². The average molecular weight is 382 g/mol. The molecule has 0 saturated carbocycles. The van der Waals surface area contributed by atoms with E-state index in [0.29, 0.717) is 22.0 Å². The Hall–Kier alpha value is -3.45. The lowest BCUT2D eigenvalue weighted by molar-refractivity contribution is 0.102. The van der Waals surface area contributed by atoms with E-state index in [9.17, 15) is 9.59 Å². The lowest BCUT2D eigenvalue weighted by Gasteiger charge is -2.07. The maximum Gasteiger partial charge on any atom is 0.257 e. The molecule has 1 amide bonds. The molecule has 8 heteroatoms. The van der Waals surface area contributed by atoms with Crippen LogP contribution in [0.2, 0.25) is 5.02 Å². The van der Waals surface area contributed by atoms with E-state index < -0.39 is 0 Å². The highest BCUT2D eigenvalue weighted by Crippen LogP contribution is 2.17. The predicted octanol–water partition coefficient (Wildman–Crippen LogP) is 3.43. The molecule has 3 N–H and O–H groups in total. The van der Waals surface area contributed by atoms with Gasteiger partial charge in [0.1, 0.15) is 0 Å². The van der Waals surface area contributed by atoms with Gasteiger partial charge in [-0.1, -0.05) is 35.9 Å². The van der Waals surface area contributed by atoms with Crippen LogP contribution in [0.15, 0.2) is 64.5 Å². The van der Waals surface area contributed by atoms with Crippen molar-refractivity contribution in [1.82, 2.24) is 9.97 Å². The van der Waals surface area contributed by atoms with E-state index in [1.807, 2.05) is 6.07 Å². The summed E-state index contributed by atoms with van der Waals surface area (Å²) in [6.07, 6.45) is 1.55. The molecule has 0 bridgehead atoms. The minimum Gasteiger partial charge on any atom is -0.322 e. The minimum atomic E-state index is -0.297. The zero-order valence-corrected chi connectivity index (χ0v) is 15.1. The molecule has 2 aromatic carbocycles. The summed E-state index contributed by atoms with van der Waals surface area (Å²) in [5.41, 5.74) is 4.74. The number of benzene rings is 2. The third-order valence-corrected chi connectivity index (χ3v) is 3.85. The van der Waals surface area contributed by atoms with Crippen LogP contribution in [0.25, 0.3) is 0 Å². The summed E-state index contributed by atoms with van der Waals surface area (Å²) in [5.74, 6) is -0.0474. The van der Waals surface area contributed by atoms with Crippen molar-refractivity contribution in [2.75, 3.05) is 10.7 Å². The Bertz CT molecular complexity index is 1060. The molecule has 0 aliphatic heterocycles. The van der Waals surface area contributed by atoms with Gasteiger partial charge in [0, 0.05) is 17.4 Å². The van der Waals surface area contributed by atoms with Gasteiger partial charge >= 0.3 is 0 Å². The van der Waals surface area contributed by atoms with Gasteiger partial charge in [-0.2, -0.15) is 5.10 Å². The van der Waals surface area contributed by atoms with Crippen LogP contribution in [0.3, 0.4) is 0 Å². The number of halogens is 1. The fourth-order valence-electron chi connectivity index (χ4n) is 2.34. The first kappa shape index (κ1) is 18.3. The number of H-pyrrole nitrogens is 1. The number of hydrazone groups is 1. The number of hydrogen-bond acceptors (Lipinski definition) is 5. The summed E-state index contributed by atoms with van der Waals surface area (Å²) in [7, 11) is 0. The second-order valence-electron chi connectivity index (χ2n) is 5.66. The van der Waals surface area contributed by atoms with Crippen molar-refractivity contribution in [3.05, 3.63) is 86.8 Å². The SMILES string of the molecule is Cc1cc(=O)[nH]c(N/N=C\c2cccc(NC(=O)c3ccccc3Cl)c2)n1. The first-order valence-corrected chi connectivity index (χ1v) is 8.42. The Morgan fingerprint density at radius 3 is 2.78 bits per heavy atom. The number of anilines is 2. The van der Waals surface area contributed by atoms with Gasteiger partial charge in [-0.25, -0.2) is 10.4 Å². The molecule has 1 aromatic heterocycles. The van der Waals surface area contributed by atoms with Gasteiger partial charge < -0.3 is 5.32 Å². The molecule has 0 spiro atoms. The smallest absolute Gasteiger partial charge is 0.257 e. The molecule has 0 aliphatic carbocycles. The van der Waals surface area contributed by atoms with E-state index in [1.165, 1.54) is 6.07 Å². The van der Waals surface area contributed by atoms with Gasteiger partial charge in [0.05, 0.1) is 16.8 Å². The predicted molar refractivity (Wildman–Crippen MR) is 107 cm³/mol. The van der Waals surface area contributed by atoms with Gasteiger partial charge in [-0.05, 0) is 36.8 Å². The fourth-order valence-corrected chi connectivity index (χ4v) is 2.56. The van der Waals surface area contributed by atoms with Crippen molar-refractivity contribution in [2.24, 2.45) is 5.10 Å². The van der Waals surface area contributed by atoms with Gasteiger partial charge in [0.25, 0.3) is 11.5 Å². The van der Waals surface area contributed by atoms with Gasteiger partial charge in [-0.15, -0.1) is 0 Å². The minimum absolute atomic E-state index is 0.249. The summed E-state index contributed by atoms with van der Waals surface area (Å²) in [5, 5.41) is 7.23. The van der Waals surface area contributed by atoms with Crippen LogP contribution >= 0.6 is 11.6 Å². The molecular weight excluding hydrogens is 366 g/mol. The number of amides is 1. The lowest BCUT2D eigenvalue weighted by atomic mass is 10.2. The van der Waals surface area contributed by atoms with Gasteiger partial charge in [0.15, 0.2) is 0 Å². The first-order chi connectivity index (χ1) is 13.0. The zero-order valence-electron chi connectivity index (χ0n) is 14.4. The Balaban J connectivity index is 1.69. The third-order valence-electron chi connectivity index (χ3n) is 3.52. The highest BCUT2D eigenvalue weighted by Gasteiger charge is 2.09. The quantitative estimate of drug-likeness (QED) is 0.465. The number of nitrogens with one attached hydrogen (secondary N) is 3. The van der Waals surface area contributed by atoms with Crippen molar-refractivity contribution in [3.63, 3.8) is 0 Å². The number of nitrogens with zero attached hydrogens (tertiary/aromatic N) is 2. The summed E-state index contributed by atoms with van der Waals surface area (Å²) in [6, 6.07) is 15.3. The van der Waals surface area contributed by atoms with E-state index >= 15 is 0 Å². The maximum atomic E-state index is 12.3. The Labute approximate surface area is 160 Å². The topological polar surface area (TPSA) is 99.2 Å². The molecule has 27 heavy (non-hydrogen) atoms. The van der Waals surface area contributed by atoms with Crippen molar-refractivity contribution in [1.29, 1.82) is 0 Å². The van der Waals surface area contributed by atoms with Crippen molar-refractivity contribution in [3.8, 4) is 0 Å². The number of rotatable bonds is 5. The largest absolute Gasteiger partial charge is 0.322 e. The van der Waals surface area contributed by atoms with Crippen LogP contribution < -0.4 is 16.3 Å². The Morgan fingerprint density at radius 1 is 1.19 bits per heavy atom. The van der Waals surface area contributed by atoms with Crippen LogP contribution in [0, 0.1) is 6.92 Å². The summed E-state index contributed by atoms with van der Waals surface area (Å²) < 4.78 is 0. The van der Waals surface area contributed by atoms with E-state index in [2.05, 4.69) is 25.8 Å². The highest BCUT2D eigenvalue weighted by molar-refractivity contribution is 6.34. The molecule has 0 unspecified atom stereocenters. The molecule has 1 heterocycles. The van der Waals surface area contributed by atoms with Crippen molar-refractivity contribution < 1.29 is 4.79 Å². The molecule has 136 valence electrons. The van der Waals surface area contributed by atoms with E-state index in [1.54, 1.807) is 55.6 Å². The molecule has 3 aromatic rings. The van der Waals surface area contributed by atoms with Crippen LogP contribution in [-0.4, -0.2) is 22.1 Å². The summed E-state index contributed by atoms with van der Waals surface area (Å²) >= 11 is 6.04. The molecule has 7 nitrogen and oxygen atoms in total. The summed E-state index contributed by atoms with van der Waals surface area (Å²) in [6.45, 7) is 1.72. The number of aryl methyl sites for hydroxylation is 1. The fraction of sp³-hybridized carbons (Fsp3) is 0.0526. The van der Waals surface area contributed by atoms with Crippen molar-refractivity contribution >= 4 is 35.4 Å². The molecular formula is C19H16ClN5O2. The van der Waals surface area contributed by atoms with E-state index in [-0.39, 0.29) is 17.4 Å². The lowest BCUT2D eigenvalue weighted by Crippen LogP contribution is -2.12. The second kappa shape index (κ2) is 8.29. The average Bonchev–Trinajstić information content (AvgIpc) is 2.61. The Morgan fingerprint density at radius 2 is 2.00 bits per heavy atom. The highest BCUT2D eigenvalue weighted by atomic mass is 35.5. The number of carbonyl (C=O) groups excluding carboxylic acids is 1. The monoisotopic (exact) mass is 381 g/mol. The number of aromatic amines is 1.